The molecule has 6 nitrogen and oxygen atoms in total. The van der Waals surface area contributed by atoms with Crippen LogP contribution in [0, 0.1) is 0 Å². The largest absolute Gasteiger partial charge is 0.383 e. The maximum Gasteiger partial charge on any atom is 0.244 e. The van der Waals surface area contributed by atoms with Crippen LogP contribution in [-0.2, 0) is 16.6 Å². The van der Waals surface area contributed by atoms with Gasteiger partial charge in [0.25, 0.3) is 0 Å². The summed E-state index contributed by atoms with van der Waals surface area (Å²) in [5.74, 6) is -0.0324. The highest BCUT2D eigenvalue weighted by Gasteiger charge is 2.18. The summed E-state index contributed by atoms with van der Waals surface area (Å²) in [6.07, 6.45) is 3.05. The standard InChI is InChI=1S/C9H9BrN4O2S2/c10-6-1-8(9(11)13-2-6)18(15,16)14-4-7-3-12-5-17-7/h1-3,5,14H,4H2,(H2,11,13). The Hall–Kier alpha value is -1.03. The van der Waals surface area contributed by atoms with E-state index in [9.17, 15) is 8.42 Å². The van der Waals surface area contributed by atoms with Gasteiger partial charge in [-0.05, 0) is 22.0 Å². The van der Waals surface area contributed by atoms with E-state index in [2.05, 4.69) is 30.6 Å². The molecule has 0 radical (unpaired) electrons. The summed E-state index contributed by atoms with van der Waals surface area (Å²) in [5.41, 5.74) is 7.20. The Labute approximate surface area is 116 Å². The zero-order chi connectivity index (χ0) is 13.2. The molecular weight excluding hydrogens is 340 g/mol. The predicted octanol–water partition coefficient (Wildman–Crippen LogP) is 1.36. The zero-order valence-corrected chi connectivity index (χ0v) is 12.2. The fourth-order valence-electron chi connectivity index (χ4n) is 1.22. The molecule has 0 aliphatic heterocycles. The first-order chi connectivity index (χ1) is 8.49. The van der Waals surface area contributed by atoms with Crippen molar-refractivity contribution in [2.45, 2.75) is 11.4 Å². The van der Waals surface area contributed by atoms with Gasteiger partial charge in [0, 0.05) is 28.3 Å². The maximum absolute atomic E-state index is 12.0. The Bertz CT molecular complexity index is 643. The van der Waals surface area contributed by atoms with Gasteiger partial charge in [-0.2, -0.15) is 0 Å². The van der Waals surface area contributed by atoms with Gasteiger partial charge < -0.3 is 5.73 Å². The summed E-state index contributed by atoms with van der Waals surface area (Å²) in [5, 5.41) is 0. The SMILES string of the molecule is Nc1ncc(Br)cc1S(=O)(=O)NCc1cncs1. The number of rotatable bonds is 4. The first-order valence-electron chi connectivity index (χ1n) is 4.77. The Morgan fingerprint density at radius 1 is 1.44 bits per heavy atom. The van der Waals surface area contributed by atoms with Crippen LogP contribution in [0.4, 0.5) is 5.82 Å². The molecule has 0 saturated heterocycles. The van der Waals surface area contributed by atoms with Gasteiger partial charge in [0.15, 0.2) is 0 Å². The molecule has 0 amide bonds. The van der Waals surface area contributed by atoms with Gasteiger partial charge in [0.2, 0.25) is 10.0 Å². The van der Waals surface area contributed by atoms with E-state index >= 15 is 0 Å². The Kier molecular flexibility index (Phi) is 3.95. The molecule has 2 aromatic rings. The van der Waals surface area contributed by atoms with E-state index in [1.165, 1.54) is 23.6 Å². The van der Waals surface area contributed by atoms with E-state index in [1.54, 1.807) is 11.7 Å². The molecule has 96 valence electrons. The quantitative estimate of drug-likeness (QED) is 0.869. The minimum atomic E-state index is -3.68. The molecule has 0 aliphatic rings. The second-order valence-corrected chi connectivity index (χ2v) is 6.95. The summed E-state index contributed by atoms with van der Waals surface area (Å²) in [4.78, 5) is 8.44. The Morgan fingerprint density at radius 3 is 2.89 bits per heavy atom. The average Bonchev–Trinajstić information content (AvgIpc) is 2.83. The van der Waals surface area contributed by atoms with Crippen molar-refractivity contribution in [1.29, 1.82) is 0 Å². The summed E-state index contributed by atoms with van der Waals surface area (Å²) in [7, 11) is -3.68. The van der Waals surface area contributed by atoms with Crippen molar-refractivity contribution in [2.75, 3.05) is 5.73 Å². The van der Waals surface area contributed by atoms with Crippen LogP contribution in [0.5, 0.6) is 0 Å². The van der Waals surface area contributed by atoms with Crippen LogP contribution in [0.15, 0.2) is 33.3 Å². The number of nitrogen functional groups attached to an aromatic ring is 1. The molecule has 0 aromatic carbocycles. The normalized spacial score (nSPS) is 11.6. The van der Waals surface area contributed by atoms with Gasteiger partial charge in [-0.15, -0.1) is 11.3 Å². The number of nitrogens with zero attached hydrogens (tertiary/aromatic N) is 2. The molecule has 0 fully saturated rings. The number of nitrogens with one attached hydrogen (secondary N) is 1. The Balaban J connectivity index is 2.22. The van der Waals surface area contributed by atoms with Crippen molar-refractivity contribution in [2.24, 2.45) is 0 Å². The summed E-state index contributed by atoms with van der Waals surface area (Å²) >= 11 is 4.53. The highest BCUT2D eigenvalue weighted by atomic mass is 79.9. The second-order valence-electron chi connectivity index (χ2n) is 3.33. The molecule has 3 N–H and O–H groups in total. The lowest BCUT2D eigenvalue weighted by Gasteiger charge is -2.07. The number of anilines is 1. The monoisotopic (exact) mass is 348 g/mol. The molecule has 0 atom stereocenters. The van der Waals surface area contributed by atoms with Gasteiger partial charge in [-0.1, -0.05) is 0 Å². The van der Waals surface area contributed by atoms with Gasteiger partial charge in [-0.3, -0.25) is 4.98 Å². The average molecular weight is 349 g/mol. The van der Waals surface area contributed by atoms with Crippen LogP contribution in [0.3, 0.4) is 0 Å². The topological polar surface area (TPSA) is 98.0 Å². The summed E-state index contributed by atoms with van der Waals surface area (Å²) in [6.45, 7) is 0.180. The van der Waals surface area contributed by atoms with Crippen molar-refractivity contribution >= 4 is 43.1 Å². The molecule has 0 aliphatic carbocycles. The first kappa shape index (κ1) is 13.4. The van der Waals surface area contributed by atoms with Crippen LogP contribution in [0.1, 0.15) is 4.88 Å². The van der Waals surface area contributed by atoms with E-state index in [4.69, 9.17) is 5.73 Å². The first-order valence-corrected chi connectivity index (χ1v) is 7.92. The molecule has 0 spiro atoms. The van der Waals surface area contributed by atoms with Crippen molar-refractivity contribution in [3.63, 3.8) is 0 Å². The lowest BCUT2D eigenvalue weighted by atomic mass is 10.5. The van der Waals surface area contributed by atoms with E-state index in [0.717, 1.165) is 4.88 Å². The molecule has 0 saturated carbocycles. The summed E-state index contributed by atoms with van der Waals surface area (Å²) in [6, 6.07) is 1.41. The van der Waals surface area contributed by atoms with E-state index in [1.807, 2.05) is 0 Å². The lowest BCUT2D eigenvalue weighted by molar-refractivity contribution is 0.582. The van der Waals surface area contributed by atoms with Gasteiger partial charge >= 0.3 is 0 Å². The molecule has 9 heteroatoms. The maximum atomic E-state index is 12.0. The van der Waals surface area contributed by atoms with Gasteiger partial charge in [-0.25, -0.2) is 18.1 Å². The molecular formula is C9H9BrN4O2S2. The van der Waals surface area contributed by atoms with Crippen LogP contribution >= 0.6 is 27.3 Å². The van der Waals surface area contributed by atoms with Crippen molar-refractivity contribution in [3.8, 4) is 0 Å². The van der Waals surface area contributed by atoms with E-state index < -0.39 is 10.0 Å². The smallest absolute Gasteiger partial charge is 0.244 e. The third kappa shape index (κ3) is 3.05. The number of aromatic nitrogens is 2. The third-order valence-electron chi connectivity index (χ3n) is 2.06. The molecule has 2 rings (SSSR count). The van der Waals surface area contributed by atoms with Crippen LogP contribution in [0.25, 0.3) is 0 Å². The van der Waals surface area contributed by atoms with Gasteiger partial charge in [0.1, 0.15) is 10.7 Å². The highest BCUT2D eigenvalue weighted by molar-refractivity contribution is 9.10. The number of pyridine rings is 1. The molecule has 18 heavy (non-hydrogen) atoms. The minimum Gasteiger partial charge on any atom is -0.383 e. The van der Waals surface area contributed by atoms with E-state index in [0.29, 0.717) is 4.47 Å². The van der Waals surface area contributed by atoms with Crippen LogP contribution < -0.4 is 10.5 Å². The Morgan fingerprint density at radius 2 is 2.22 bits per heavy atom. The lowest BCUT2D eigenvalue weighted by Crippen LogP contribution is -2.24. The predicted molar refractivity (Wildman–Crippen MR) is 72.5 cm³/mol. The van der Waals surface area contributed by atoms with Crippen molar-refractivity contribution < 1.29 is 8.42 Å². The molecule has 2 heterocycles. The van der Waals surface area contributed by atoms with Gasteiger partial charge in [0.05, 0.1) is 5.51 Å². The third-order valence-corrected chi connectivity index (χ3v) is 4.70. The number of nitrogens with two attached hydrogens (primary N) is 1. The number of hydrogen-bond acceptors (Lipinski definition) is 6. The molecule has 0 bridgehead atoms. The van der Waals surface area contributed by atoms with Crippen molar-refractivity contribution in [3.05, 3.63) is 33.3 Å². The van der Waals surface area contributed by atoms with E-state index in [-0.39, 0.29) is 17.3 Å². The highest BCUT2D eigenvalue weighted by Crippen LogP contribution is 2.20. The zero-order valence-electron chi connectivity index (χ0n) is 9.00. The van der Waals surface area contributed by atoms with Crippen molar-refractivity contribution in [1.82, 2.24) is 14.7 Å². The molecule has 0 unspecified atom stereocenters. The molecule has 2 aromatic heterocycles. The van der Waals surface area contributed by atoms with Crippen LogP contribution in [-0.4, -0.2) is 18.4 Å². The summed E-state index contributed by atoms with van der Waals surface area (Å²) < 4.78 is 27.1. The second kappa shape index (κ2) is 5.31. The fraction of sp³-hybridized carbons (Fsp3) is 0.111. The fourth-order valence-corrected chi connectivity index (χ4v) is 3.44. The number of sulfonamides is 1. The number of halogens is 1. The number of hydrogen-bond donors (Lipinski definition) is 2. The minimum absolute atomic E-state index is 0.0324. The van der Waals surface area contributed by atoms with Crippen LogP contribution in [0.2, 0.25) is 0 Å². The number of thiazole rings is 1.